The summed E-state index contributed by atoms with van der Waals surface area (Å²) in [6, 6.07) is 7.07. The third-order valence-corrected chi connectivity index (χ3v) is 5.36. The van der Waals surface area contributed by atoms with E-state index in [1.165, 1.54) is 12.5 Å². The number of nitrogens with zero attached hydrogens (tertiary/aromatic N) is 6. The number of benzene rings is 1. The lowest BCUT2D eigenvalue weighted by Crippen LogP contribution is -2.33. The number of fused-ring (bicyclic) bond motifs is 1. The fourth-order valence-electron chi connectivity index (χ4n) is 3.60. The third kappa shape index (κ3) is 4.75. The predicted octanol–water partition coefficient (Wildman–Crippen LogP) is 0.713. The number of carbonyl (C=O) groups excluding carboxylic acids is 3. The van der Waals surface area contributed by atoms with Crippen LogP contribution in [0.4, 0.5) is 5.69 Å². The van der Waals surface area contributed by atoms with Crippen LogP contribution in [0.1, 0.15) is 33.7 Å². The molecule has 0 spiro atoms. The van der Waals surface area contributed by atoms with Crippen molar-refractivity contribution in [3.8, 4) is 5.69 Å². The smallest absolute Gasteiger partial charge is 0.254 e. The summed E-state index contributed by atoms with van der Waals surface area (Å²) < 4.78 is 3.15. The van der Waals surface area contributed by atoms with Crippen molar-refractivity contribution >= 4 is 29.1 Å². The molecule has 0 aliphatic rings. The monoisotopic (exact) mass is 461 g/mol. The van der Waals surface area contributed by atoms with Crippen LogP contribution in [0, 0.1) is 13.8 Å². The third-order valence-electron chi connectivity index (χ3n) is 5.36. The molecule has 0 unspecified atom stereocenters. The molecule has 0 saturated heterocycles. The van der Waals surface area contributed by atoms with E-state index in [1.807, 2.05) is 6.92 Å². The Kier molecular flexibility index (Phi) is 6.30. The van der Waals surface area contributed by atoms with E-state index in [9.17, 15) is 14.4 Å². The van der Waals surface area contributed by atoms with Crippen LogP contribution in [0.15, 0.2) is 43.1 Å². The lowest BCUT2D eigenvalue weighted by atomic mass is 10.1. The molecule has 3 aromatic heterocycles. The first-order valence-corrected chi connectivity index (χ1v) is 10.5. The number of anilines is 1. The first-order valence-electron chi connectivity index (χ1n) is 10.5. The van der Waals surface area contributed by atoms with Gasteiger partial charge in [0.05, 0.1) is 18.4 Å². The first-order chi connectivity index (χ1) is 16.3. The molecule has 4 rings (SSSR count). The molecule has 4 N–H and O–H groups in total. The number of primary amides is 1. The van der Waals surface area contributed by atoms with Gasteiger partial charge in [-0.25, -0.2) is 19.2 Å². The maximum atomic E-state index is 12.3. The van der Waals surface area contributed by atoms with Gasteiger partial charge in [-0.15, -0.1) is 0 Å². The Morgan fingerprint density at radius 2 is 1.82 bits per heavy atom. The van der Waals surface area contributed by atoms with Gasteiger partial charge in [-0.1, -0.05) is 0 Å². The Labute approximate surface area is 194 Å². The maximum absolute atomic E-state index is 12.3. The Hall–Kier alpha value is -4.61. The summed E-state index contributed by atoms with van der Waals surface area (Å²) in [4.78, 5) is 44.4. The Morgan fingerprint density at radius 1 is 1.06 bits per heavy atom. The van der Waals surface area contributed by atoms with E-state index in [-0.39, 0.29) is 30.3 Å². The second kappa shape index (κ2) is 9.48. The molecule has 12 heteroatoms. The van der Waals surface area contributed by atoms with Gasteiger partial charge in [0.25, 0.3) is 5.91 Å². The van der Waals surface area contributed by atoms with Crippen molar-refractivity contribution in [2.75, 3.05) is 11.9 Å². The van der Waals surface area contributed by atoms with Crippen LogP contribution in [-0.4, -0.2) is 53.6 Å². The van der Waals surface area contributed by atoms with Crippen LogP contribution in [0.25, 0.3) is 11.3 Å². The molecule has 12 nitrogen and oxygen atoms in total. The van der Waals surface area contributed by atoms with Gasteiger partial charge >= 0.3 is 0 Å². The quantitative estimate of drug-likeness (QED) is 0.348. The zero-order chi connectivity index (χ0) is 24.2. The van der Waals surface area contributed by atoms with E-state index < -0.39 is 5.91 Å². The largest absolute Gasteiger partial charge is 0.365 e. The number of amides is 3. The highest BCUT2D eigenvalue weighted by Crippen LogP contribution is 2.18. The molecule has 0 aliphatic carbocycles. The summed E-state index contributed by atoms with van der Waals surface area (Å²) in [6.07, 6.45) is 4.97. The number of nitrogens with two attached hydrogens (primary N) is 1. The van der Waals surface area contributed by atoms with Crippen molar-refractivity contribution < 1.29 is 14.4 Å². The Balaban J connectivity index is 1.30. The summed E-state index contributed by atoms with van der Waals surface area (Å²) in [5, 5.41) is 13.6. The van der Waals surface area contributed by atoms with Gasteiger partial charge in [0, 0.05) is 23.5 Å². The van der Waals surface area contributed by atoms with Crippen LogP contribution < -0.4 is 16.4 Å². The first kappa shape index (κ1) is 22.6. The van der Waals surface area contributed by atoms with Crippen molar-refractivity contribution in [1.82, 2.24) is 34.7 Å². The molecule has 1 aromatic carbocycles. The molecule has 0 atom stereocenters. The molecule has 0 saturated carbocycles. The van der Waals surface area contributed by atoms with Crippen molar-refractivity contribution in [1.29, 1.82) is 0 Å². The van der Waals surface area contributed by atoms with Gasteiger partial charge in [-0.05, 0) is 50.1 Å². The fraction of sp³-hybridized carbons (Fsp3) is 0.227. The van der Waals surface area contributed by atoms with Gasteiger partial charge in [-0.3, -0.25) is 14.4 Å². The average molecular weight is 461 g/mol. The SMILES string of the molecule is Cc1nc2c(C(N)=O)cnn2c(C)c1CCC(=O)NCC(=O)Nc1ccc(-n2cncn2)cc1. The van der Waals surface area contributed by atoms with Gasteiger partial charge in [0.2, 0.25) is 11.8 Å². The van der Waals surface area contributed by atoms with Crippen LogP contribution in [0.2, 0.25) is 0 Å². The fourth-order valence-corrected chi connectivity index (χ4v) is 3.60. The number of aryl methyl sites for hydroxylation is 2. The number of hydrogen-bond donors (Lipinski definition) is 3. The van der Waals surface area contributed by atoms with Crippen LogP contribution >= 0.6 is 0 Å². The van der Waals surface area contributed by atoms with Crippen molar-refractivity contribution in [3.05, 3.63) is 65.6 Å². The minimum Gasteiger partial charge on any atom is -0.365 e. The molecule has 3 amide bonds. The highest BCUT2D eigenvalue weighted by molar-refractivity contribution is 5.98. The molecule has 34 heavy (non-hydrogen) atoms. The van der Waals surface area contributed by atoms with Crippen molar-refractivity contribution in [2.24, 2.45) is 5.73 Å². The lowest BCUT2D eigenvalue weighted by molar-refractivity contribution is -0.124. The Morgan fingerprint density at radius 3 is 2.50 bits per heavy atom. The Bertz CT molecular complexity index is 1360. The number of hydrogen-bond acceptors (Lipinski definition) is 7. The maximum Gasteiger partial charge on any atom is 0.254 e. The standard InChI is InChI=1S/C22H23N9O3/c1-13-17(14(2)31-22(28-13)18(9-26-31)21(23)34)7-8-19(32)25-10-20(33)29-15-3-5-16(6-4-15)30-12-24-11-27-30/h3-6,9,11-12H,7-8,10H2,1-2H3,(H2,23,34)(H,25,32)(H,29,33). The van der Waals surface area contributed by atoms with Gasteiger partial charge in [-0.2, -0.15) is 10.2 Å². The second-order valence-electron chi connectivity index (χ2n) is 7.63. The highest BCUT2D eigenvalue weighted by Gasteiger charge is 2.17. The molecule has 4 aromatic rings. The predicted molar refractivity (Wildman–Crippen MR) is 122 cm³/mol. The molecular formula is C22H23N9O3. The molecule has 0 radical (unpaired) electrons. The van der Waals surface area contributed by atoms with Crippen molar-refractivity contribution in [2.45, 2.75) is 26.7 Å². The molecular weight excluding hydrogens is 438 g/mol. The van der Waals surface area contributed by atoms with E-state index in [2.05, 4.69) is 30.8 Å². The number of carbonyl (C=O) groups is 3. The lowest BCUT2D eigenvalue weighted by Gasteiger charge is -2.12. The average Bonchev–Trinajstić information content (AvgIpc) is 3.48. The summed E-state index contributed by atoms with van der Waals surface area (Å²) in [5.41, 5.74) is 9.72. The molecule has 0 aliphatic heterocycles. The minimum atomic E-state index is -0.599. The van der Waals surface area contributed by atoms with E-state index in [1.54, 1.807) is 46.7 Å². The second-order valence-corrected chi connectivity index (χ2v) is 7.63. The zero-order valence-electron chi connectivity index (χ0n) is 18.6. The summed E-state index contributed by atoms with van der Waals surface area (Å²) >= 11 is 0. The van der Waals surface area contributed by atoms with Gasteiger partial charge in [0.15, 0.2) is 5.65 Å². The summed E-state index contributed by atoms with van der Waals surface area (Å²) in [5.74, 6) is -1.21. The number of nitrogens with one attached hydrogen (secondary N) is 2. The van der Waals surface area contributed by atoms with Gasteiger partial charge in [0.1, 0.15) is 18.2 Å². The van der Waals surface area contributed by atoms with Crippen LogP contribution in [0.3, 0.4) is 0 Å². The summed E-state index contributed by atoms with van der Waals surface area (Å²) in [7, 11) is 0. The molecule has 3 heterocycles. The van der Waals surface area contributed by atoms with E-state index in [4.69, 9.17) is 5.73 Å². The van der Waals surface area contributed by atoms with E-state index in [0.717, 1.165) is 16.9 Å². The minimum absolute atomic E-state index is 0.153. The van der Waals surface area contributed by atoms with Gasteiger partial charge < -0.3 is 16.4 Å². The van der Waals surface area contributed by atoms with Crippen LogP contribution in [0.5, 0.6) is 0 Å². The van der Waals surface area contributed by atoms with E-state index >= 15 is 0 Å². The molecule has 0 bridgehead atoms. The number of rotatable bonds is 8. The molecule has 0 fully saturated rings. The topological polar surface area (TPSA) is 162 Å². The van der Waals surface area contributed by atoms with Crippen LogP contribution in [-0.2, 0) is 16.0 Å². The zero-order valence-corrected chi connectivity index (χ0v) is 18.6. The number of aromatic nitrogens is 6. The normalized spacial score (nSPS) is 10.9. The molecule has 174 valence electrons. The van der Waals surface area contributed by atoms with E-state index in [0.29, 0.717) is 23.4 Å². The van der Waals surface area contributed by atoms with Crippen molar-refractivity contribution in [3.63, 3.8) is 0 Å². The summed E-state index contributed by atoms with van der Waals surface area (Å²) in [6.45, 7) is 3.49. The highest BCUT2D eigenvalue weighted by atomic mass is 16.2.